The average Bonchev–Trinajstić information content (AvgIpc) is 3.31. The predicted molar refractivity (Wildman–Crippen MR) is 155 cm³/mol. The molecule has 0 heterocycles. The van der Waals surface area contributed by atoms with Crippen LogP contribution in [0.25, 0.3) is 21.5 Å². The Bertz CT molecular complexity index is 1150. The van der Waals surface area contributed by atoms with E-state index in [9.17, 15) is 0 Å². The average molecular weight is 591 g/mol. The molecule has 4 aromatic rings. The molecule has 0 nitrogen and oxygen atoms in total. The Balaban J connectivity index is 0.000000196. The zero-order chi connectivity index (χ0) is 25.4. The summed E-state index contributed by atoms with van der Waals surface area (Å²) >= 11 is -1.65. The maximum absolute atomic E-state index is 5.62. The molecule has 0 aliphatic carbocycles. The molecule has 0 fully saturated rings. The second-order valence-electron chi connectivity index (χ2n) is 9.66. The van der Waals surface area contributed by atoms with Gasteiger partial charge in [-0.05, 0) is 26.7 Å². The van der Waals surface area contributed by atoms with Gasteiger partial charge in [0.15, 0.2) is 0 Å². The topological polar surface area (TPSA) is 0 Å². The van der Waals surface area contributed by atoms with Gasteiger partial charge in [-0.15, -0.1) is 56.9 Å². The van der Waals surface area contributed by atoms with Gasteiger partial charge in [0, 0.05) is 0 Å². The number of hydrogen-bond donors (Lipinski definition) is 0. The molecule has 0 radical (unpaired) electrons. The number of aryl methyl sites for hydroxylation is 6. The van der Waals surface area contributed by atoms with Gasteiger partial charge in [-0.3, -0.25) is 0 Å². The standard InChI is InChI=1S/2C14H17.C2H6Si.2ClH.Zr/c2*1-4-5-12-8-11(3)14-7-10(2)6-13(14)9-12;1-3-2;;;/h2*6-9H,4-5H2,1-3H3;1-2H3;2*1H;/q2*-1;;;;+2/p-2. The van der Waals surface area contributed by atoms with E-state index in [1.54, 1.807) is 0 Å². The van der Waals surface area contributed by atoms with Gasteiger partial charge in [0.2, 0.25) is 0 Å². The minimum absolute atomic E-state index is 0.224. The fourth-order valence-electron chi connectivity index (χ4n) is 4.33. The maximum atomic E-state index is 5.62. The van der Waals surface area contributed by atoms with Crippen LogP contribution in [-0.4, -0.2) is 5.43 Å². The second-order valence-corrected chi connectivity index (χ2v) is 32.6. The second kappa shape index (κ2) is 14.2. The Morgan fingerprint density at radius 2 is 1.03 bits per heavy atom. The summed E-state index contributed by atoms with van der Waals surface area (Å²) < 4.78 is 0. The van der Waals surface area contributed by atoms with Crippen molar-refractivity contribution in [2.24, 2.45) is 0 Å². The first-order chi connectivity index (χ1) is 16.0. The molecule has 0 amide bonds. The van der Waals surface area contributed by atoms with Crippen LogP contribution in [0.4, 0.5) is 0 Å². The van der Waals surface area contributed by atoms with Gasteiger partial charge in [0.05, 0.1) is 0 Å². The van der Waals surface area contributed by atoms with E-state index in [1.807, 2.05) is 0 Å². The van der Waals surface area contributed by atoms with Crippen LogP contribution in [0, 0.1) is 27.7 Å². The fourth-order valence-corrected chi connectivity index (χ4v) is 4.33. The molecule has 0 unspecified atom stereocenters. The number of rotatable bonds is 4. The van der Waals surface area contributed by atoms with Gasteiger partial charge in [-0.1, -0.05) is 74.9 Å². The van der Waals surface area contributed by atoms with Crippen molar-refractivity contribution in [2.75, 3.05) is 0 Å². The van der Waals surface area contributed by atoms with Gasteiger partial charge in [-0.2, -0.15) is 12.1 Å². The number of halogens is 2. The van der Waals surface area contributed by atoms with Crippen LogP contribution in [-0.2, 0) is 30.8 Å². The van der Waals surface area contributed by atoms with Gasteiger partial charge < -0.3 is 0 Å². The Morgan fingerprint density at radius 3 is 1.32 bits per heavy atom. The molecular formula is C30H40Cl2SiZr-2. The van der Waals surface area contributed by atoms with E-state index in [2.05, 4.69) is 103 Å². The molecule has 0 saturated carbocycles. The van der Waals surface area contributed by atoms with E-state index in [1.165, 1.54) is 80.6 Å². The van der Waals surface area contributed by atoms with Crippen molar-refractivity contribution in [3.63, 3.8) is 0 Å². The Hall–Kier alpha value is -0.660. The first-order valence-electron chi connectivity index (χ1n) is 12.4. The van der Waals surface area contributed by atoms with Crippen molar-refractivity contribution < 1.29 is 18.0 Å². The van der Waals surface area contributed by atoms with Gasteiger partial charge in [0.25, 0.3) is 0 Å². The summed E-state index contributed by atoms with van der Waals surface area (Å²) in [6.45, 7) is 17.5. The SMILES string of the molecule is CCCc1cc(C)c2cc(C)[cH-]c2c1.CCCc1cc(C)c2cc(C)[cH-]c2c1.C[Si](C)=[Zr]([Cl])[Cl]. The molecule has 34 heavy (non-hydrogen) atoms. The van der Waals surface area contributed by atoms with E-state index >= 15 is 0 Å². The first kappa shape index (κ1) is 29.6. The normalized spacial score (nSPS) is 10.5. The Morgan fingerprint density at radius 1 is 0.676 bits per heavy atom. The molecule has 4 rings (SSSR count). The van der Waals surface area contributed by atoms with E-state index < -0.39 is 18.0 Å². The third kappa shape index (κ3) is 8.77. The van der Waals surface area contributed by atoms with Crippen molar-refractivity contribution in [1.82, 2.24) is 0 Å². The number of hydrogen-bond acceptors (Lipinski definition) is 0. The summed E-state index contributed by atoms with van der Waals surface area (Å²) in [6, 6.07) is 18.4. The molecule has 0 atom stereocenters. The summed E-state index contributed by atoms with van der Waals surface area (Å²) in [5.41, 5.74) is 8.30. The minimum atomic E-state index is -1.65. The third-order valence-corrected chi connectivity index (χ3v) is 25.7. The van der Waals surface area contributed by atoms with Crippen LogP contribution in [0.5, 0.6) is 0 Å². The molecule has 0 N–H and O–H groups in total. The Kier molecular flexibility index (Phi) is 12.3. The molecule has 0 bridgehead atoms. The number of fused-ring (bicyclic) bond motifs is 2. The van der Waals surface area contributed by atoms with Gasteiger partial charge >= 0.3 is 53.5 Å². The van der Waals surface area contributed by atoms with Crippen molar-refractivity contribution in [1.29, 1.82) is 0 Å². The van der Waals surface area contributed by atoms with E-state index in [-0.39, 0.29) is 5.43 Å². The Labute approximate surface area is 222 Å². The van der Waals surface area contributed by atoms with Crippen molar-refractivity contribution in [3.8, 4) is 0 Å². The summed E-state index contributed by atoms with van der Waals surface area (Å²) in [6.07, 6.45) is 4.84. The van der Waals surface area contributed by atoms with E-state index in [0.717, 1.165) is 0 Å². The predicted octanol–water partition coefficient (Wildman–Crippen LogP) is 10.4. The third-order valence-electron chi connectivity index (χ3n) is 5.92. The van der Waals surface area contributed by atoms with Crippen LogP contribution < -0.4 is 0 Å². The summed E-state index contributed by atoms with van der Waals surface area (Å²) in [5, 5.41) is 5.65. The van der Waals surface area contributed by atoms with Crippen LogP contribution in [0.1, 0.15) is 60.1 Å². The zero-order valence-electron chi connectivity index (χ0n) is 22.2. The van der Waals surface area contributed by atoms with Gasteiger partial charge in [-0.25, -0.2) is 0 Å². The first-order valence-corrected chi connectivity index (χ1v) is 24.9. The molecule has 0 aliphatic rings. The van der Waals surface area contributed by atoms with Crippen LogP contribution in [0.15, 0.2) is 48.5 Å². The van der Waals surface area contributed by atoms with Gasteiger partial charge in [0.1, 0.15) is 0 Å². The molecule has 0 saturated heterocycles. The molecule has 0 spiro atoms. The van der Waals surface area contributed by atoms with Crippen LogP contribution >= 0.6 is 17.0 Å². The molecular weight excluding hydrogens is 551 g/mol. The quantitative estimate of drug-likeness (QED) is 0.164. The molecule has 0 aliphatic heterocycles. The fraction of sp³-hybridized carbons (Fsp3) is 0.400. The van der Waals surface area contributed by atoms with E-state index in [4.69, 9.17) is 17.0 Å². The van der Waals surface area contributed by atoms with E-state index in [0.29, 0.717) is 0 Å². The van der Waals surface area contributed by atoms with Crippen molar-refractivity contribution in [3.05, 3.63) is 81.9 Å². The molecule has 184 valence electrons. The monoisotopic (exact) mass is 588 g/mol. The van der Waals surface area contributed by atoms with Crippen molar-refractivity contribution in [2.45, 2.75) is 80.3 Å². The molecule has 4 heteroatoms. The summed E-state index contributed by atoms with van der Waals surface area (Å²) in [4.78, 5) is 0. The molecule has 4 aromatic carbocycles. The van der Waals surface area contributed by atoms with Crippen LogP contribution in [0.2, 0.25) is 13.1 Å². The number of benzene rings is 2. The van der Waals surface area contributed by atoms with Crippen LogP contribution in [0.3, 0.4) is 0 Å². The van der Waals surface area contributed by atoms with Crippen molar-refractivity contribution >= 4 is 44.0 Å². The molecule has 0 aromatic heterocycles. The summed E-state index contributed by atoms with van der Waals surface area (Å²) in [5.74, 6) is 0. The zero-order valence-corrected chi connectivity index (χ0v) is 27.2. The summed E-state index contributed by atoms with van der Waals surface area (Å²) in [7, 11) is 11.2.